The molecule has 2 rings (SSSR count). The summed E-state index contributed by atoms with van der Waals surface area (Å²) < 4.78 is 0. The third-order valence-corrected chi connectivity index (χ3v) is 3.37. The fraction of sp³-hybridized carbons (Fsp3) is 0.615. The molecule has 1 aromatic heterocycles. The van der Waals surface area contributed by atoms with E-state index in [1.54, 1.807) is 0 Å². The summed E-state index contributed by atoms with van der Waals surface area (Å²) in [5.74, 6) is 0.227. The van der Waals surface area contributed by atoms with Crippen LogP contribution in [0.25, 0.3) is 0 Å². The van der Waals surface area contributed by atoms with E-state index in [1.807, 2.05) is 19.9 Å². The number of aromatic nitrogens is 2. The van der Waals surface area contributed by atoms with E-state index in [9.17, 15) is 4.79 Å². The molecule has 0 aliphatic heterocycles. The summed E-state index contributed by atoms with van der Waals surface area (Å²) in [6.45, 7) is 3.77. The number of nitrogens with zero attached hydrogens (tertiary/aromatic N) is 2. The van der Waals surface area contributed by atoms with Gasteiger partial charge in [0.15, 0.2) is 0 Å². The lowest BCUT2D eigenvalue weighted by Gasteiger charge is -2.27. The fourth-order valence-corrected chi connectivity index (χ4v) is 2.47. The predicted octanol–water partition coefficient (Wildman–Crippen LogP) is 1.55. The smallest absolute Gasteiger partial charge is 0.231 e. The Bertz CT molecular complexity index is 426. The molecule has 18 heavy (non-hydrogen) atoms. The summed E-state index contributed by atoms with van der Waals surface area (Å²) in [4.78, 5) is 20.5. The number of nitrogens with two attached hydrogens (primary N) is 1. The molecule has 1 aromatic rings. The summed E-state index contributed by atoms with van der Waals surface area (Å²) in [5, 5.41) is 2.78. The van der Waals surface area contributed by atoms with Crippen molar-refractivity contribution in [2.75, 3.05) is 5.32 Å². The Labute approximate surface area is 107 Å². The zero-order chi connectivity index (χ0) is 13.1. The first-order chi connectivity index (χ1) is 8.56. The molecule has 0 bridgehead atoms. The van der Waals surface area contributed by atoms with Crippen LogP contribution < -0.4 is 11.1 Å². The van der Waals surface area contributed by atoms with Gasteiger partial charge in [-0.1, -0.05) is 12.8 Å². The minimum absolute atomic E-state index is 0.0374. The van der Waals surface area contributed by atoms with E-state index < -0.39 is 0 Å². The van der Waals surface area contributed by atoms with Crippen LogP contribution in [0.2, 0.25) is 0 Å². The lowest BCUT2D eigenvalue weighted by Crippen LogP contribution is -2.41. The highest BCUT2D eigenvalue weighted by Crippen LogP contribution is 2.23. The third kappa shape index (κ3) is 3.04. The zero-order valence-electron chi connectivity index (χ0n) is 10.9. The molecule has 98 valence electrons. The molecule has 0 aromatic carbocycles. The topological polar surface area (TPSA) is 80.9 Å². The minimum Gasteiger partial charge on any atom is -0.327 e. The number of hydrogen-bond donors (Lipinski definition) is 2. The zero-order valence-corrected chi connectivity index (χ0v) is 10.9. The Morgan fingerprint density at radius 1 is 1.28 bits per heavy atom. The maximum Gasteiger partial charge on any atom is 0.231 e. The average Bonchev–Trinajstić information content (AvgIpc) is 2.27. The van der Waals surface area contributed by atoms with Gasteiger partial charge in [0.1, 0.15) is 0 Å². The highest BCUT2D eigenvalue weighted by Gasteiger charge is 2.28. The maximum atomic E-state index is 12.1. The van der Waals surface area contributed by atoms with Crippen molar-refractivity contribution in [3.8, 4) is 0 Å². The van der Waals surface area contributed by atoms with Crippen LogP contribution in [0.1, 0.15) is 37.1 Å². The van der Waals surface area contributed by atoms with Crippen LogP contribution in [-0.4, -0.2) is 21.9 Å². The average molecular weight is 248 g/mol. The van der Waals surface area contributed by atoms with Gasteiger partial charge in [0, 0.05) is 17.4 Å². The lowest BCUT2D eigenvalue weighted by molar-refractivity contribution is -0.121. The van der Waals surface area contributed by atoms with Crippen molar-refractivity contribution >= 4 is 11.9 Å². The molecule has 5 heteroatoms. The largest absolute Gasteiger partial charge is 0.327 e. The van der Waals surface area contributed by atoms with Crippen molar-refractivity contribution in [1.82, 2.24) is 9.97 Å². The van der Waals surface area contributed by atoms with Crippen molar-refractivity contribution in [1.29, 1.82) is 0 Å². The second kappa shape index (κ2) is 5.44. The molecule has 1 aliphatic rings. The SMILES string of the molecule is Cc1cc(C)nc(NC(=O)C2CCCCC2N)n1. The normalized spacial score (nSPS) is 23.7. The molecule has 0 radical (unpaired) electrons. The van der Waals surface area contributed by atoms with Crippen LogP contribution in [-0.2, 0) is 4.79 Å². The van der Waals surface area contributed by atoms with Crippen LogP contribution in [0.3, 0.4) is 0 Å². The summed E-state index contributed by atoms with van der Waals surface area (Å²) in [7, 11) is 0. The van der Waals surface area contributed by atoms with Gasteiger partial charge in [-0.25, -0.2) is 9.97 Å². The first-order valence-corrected chi connectivity index (χ1v) is 6.45. The number of hydrogen-bond acceptors (Lipinski definition) is 4. The second-order valence-electron chi connectivity index (χ2n) is 5.02. The van der Waals surface area contributed by atoms with Gasteiger partial charge < -0.3 is 5.73 Å². The van der Waals surface area contributed by atoms with Gasteiger partial charge in [-0.3, -0.25) is 10.1 Å². The van der Waals surface area contributed by atoms with Gasteiger partial charge in [-0.15, -0.1) is 0 Å². The first-order valence-electron chi connectivity index (χ1n) is 6.45. The number of aryl methyl sites for hydroxylation is 2. The molecular weight excluding hydrogens is 228 g/mol. The number of nitrogens with one attached hydrogen (secondary N) is 1. The number of carbonyl (C=O) groups is 1. The predicted molar refractivity (Wildman–Crippen MR) is 70.1 cm³/mol. The van der Waals surface area contributed by atoms with Gasteiger partial charge >= 0.3 is 0 Å². The fourth-order valence-electron chi connectivity index (χ4n) is 2.47. The molecule has 1 fully saturated rings. The van der Waals surface area contributed by atoms with E-state index >= 15 is 0 Å². The lowest BCUT2D eigenvalue weighted by atomic mass is 9.84. The van der Waals surface area contributed by atoms with E-state index in [0.29, 0.717) is 5.95 Å². The van der Waals surface area contributed by atoms with Crippen molar-refractivity contribution in [2.24, 2.45) is 11.7 Å². The Morgan fingerprint density at radius 3 is 2.50 bits per heavy atom. The van der Waals surface area contributed by atoms with Crippen molar-refractivity contribution < 1.29 is 4.79 Å². The molecule has 5 nitrogen and oxygen atoms in total. The molecule has 2 atom stereocenters. The Balaban J connectivity index is 2.06. The summed E-state index contributed by atoms with van der Waals surface area (Å²) in [5.41, 5.74) is 7.70. The highest BCUT2D eigenvalue weighted by molar-refractivity contribution is 5.91. The van der Waals surface area contributed by atoms with Gasteiger partial charge in [-0.05, 0) is 32.8 Å². The van der Waals surface area contributed by atoms with E-state index in [1.165, 1.54) is 0 Å². The van der Waals surface area contributed by atoms with Crippen LogP contribution in [0.15, 0.2) is 6.07 Å². The molecular formula is C13H20N4O. The van der Waals surface area contributed by atoms with Gasteiger partial charge in [-0.2, -0.15) is 0 Å². The Hall–Kier alpha value is -1.49. The van der Waals surface area contributed by atoms with E-state index in [-0.39, 0.29) is 17.9 Å². The molecule has 3 N–H and O–H groups in total. The molecule has 0 saturated heterocycles. The minimum atomic E-state index is -0.108. The van der Waals surface area contributed by atoms with Crippen LogP contribution in [0.5, 0.6) is 0 Å². The summed E-state index contributed by atoms with van der Waals surface area (Å²) >= 11 is 0. The third-order valence-electron chi connectivity index (χ3n) is 3.37. The second-order valence-corrected chi connectivity index (χ2v) is 5.02. The van der Waals surface area contributed by atoms with Crippen LogP contribution >= 0.6 is 0 Å². The number of amides is 1. The quantitative estimate of drug-likeness (QED) is 0.832. The number of anilines is 1. The Kier molecular flexibility index (Phi) is 3.91. The maximum absolute atomic E-state index is 12.1. The van der Waals surface area contributed by atoms with Crippen LogP contribution in [0.4, 0.5) is 5.95 Å². The Morgan fingerprint density at radius 2 is 1.89 bits per heavy atom. The van der Waals surface area contributed by atoms with Crippen LogP contribution in [0, 0.1) is 19.8 Å². The van der Waals surface area contributed by atoms with E-state index in [4.69, 9.17) is 5.73 Å². The molecule has 1 saturated carbocycles. The summed E-state index contributed by atoms with van der Waals surface area (Å²) in [6, 6.07) is 1.84. The highest BCUT2D eigenvalue weighted by atomic mass is 16.2. The summed E-state index contributed by atoms with van der Waals surface area (Å²) in [6.07, 6.45) is 3.97. The molecule has 0 spiro atoms. The van der Waals surface area contributed by atoms with Gasteiger partial charge in [0.05, 0.1) is 5.92 Å². The van der Waals surface area contributed by atoms with Crippen molar-refractivity contribution in [2.45, 2.75) is 45.6 Å². The van der Waals surface area contributed by atoms with Crippen molar-refractivity contribution in [3.05, 3.63) is 17.5 Å². The van der Waals surface area contributed by atoms with Gasteiger partial charge in [0.2, 0.25) is 11.9 Å². The standard InChI is InChI=1S/C13H20N4O/c1-8-7-9(2)16-13(15-8)17-12(18)10-5-3-4-6-11(10)14/h7,10-11H,3-6,14H2,1-2H3,(H,15,16,17,18). The molecule has 1 heterocycles. The van der Waals surface area contributed by atoms with E-state index in [0.717, 1.165) is 37.1 Å². The number of rotatable bonds is 2. The number of carbonyl (C=O) groups excluding carboxylic acids is 1. The monoisotopic (exact) mass is 248 g/mol. The van der Waals surface area contributed by atoms with Crippen molar-refractivity contribution in [3.63, 3.8) is 0 Å². The molecule has 1 amide bonds. The van der Waals surface area contributed by atoms with Gasteiger partial charge in [0.25, 0.3) is 0 Å². The molecule has 1 aliphatic carbocycles. The molecule has 2 unspecified atom stereocenters. The first kappa shape index (κ1) is 13.0. The van der Waals surface area contributed by atoms with E-state index in [2.05, 4.69) is 15.3 Å².